The maximum atomic E-state index is 12.9. The van der Waals surface area contributed by atoms with E-state index in [1.165, 1.54) is 34.5 Å². The van der Waals surface area contributed by atoms with Crippen LogP contribution in [0.2, 0.25) is 0 Å². The predicted molar refractivity (Wildman–Crippen MR) is 91.4 cm³/mol. The van der Waals surface area contributed by atoms with Gasteiger partial charge >= 0.3 is 12.4 Å². The van der Waals surface area contributed by atoms with Crippen molar-refractivity contribution in [3.8, 4) is 17.1 Å². The Morgan fingerprint density at radius 2 is 1.86 bits per heavy atom. The zero-order chi connectivity index (χ0) is 20.5. The van der Waals surface area contributed by atoms with Crippen LogP contribution in [0.4, 0.5) is 26.3 Å². The molecule has 3 heterocycles. The molecular formula is C17H13F6N3OS. The van der Waals surface area contributed by atoms with E-state index < -0.39 is 24.5 Å². The molecule has 3 aromatic heterocycles. The number of hydrogen-bond acceptors (Lipinski definition) is 4. The van der Waals surface area contributed by atoms with Crippen molar-refractivity contribution in [3.05, 3.63) is 42.2 Å². The molecule has 0 saturated carbocycles. The second-order valence-corrected chi connectivity index (χ2v) is 6.88. The number of pyridine rings is 2. The molecule has 0 aliphatic heterocycles. The molecule has 0 aliphatic rings. The summed E-state index contributed by atoms with van der Waals surface area (Å²) in [6.45, 7) is 0.430. The van der Waals surface area contributed by atoms with Gasteiger partial charge in [-0.15, -0.1) is 11.8 Å². The van der Waals surface area contributed by atoms with E-state index in [9.17, 15) is 26.3 Å². The maximum absolute atomic E-state index is 12.9. The van der Waals surface area contributed by atoms with Gasteiger partial charge in [-0.1, -0.05) is 6.92 Å². The molecule has 0 spiro atoms. The van der Waals surface area contributed by atoms with Crippen LogP contribution in [0, 0.1) is 0 Å². The first kappa shape index (κ1) is 20.3. The summed E-state index contributed by atoms with van der Waals surface area (Å²) in [5, 5.41) is 0.586. The van der Waals surface area contributed by atoms with E-state index in [2.05, 4.69) is 14.7 Å². The van der Waals surface area contributed by atoms with Crippen molar-refractivity contribution in [1.29, 1.82) is 0 Å². The van der Waals surface area contributed by atoms with Crippen LogP contribution in [0.1, 0.15) is 12.5 Å². The van der Waals surface area contributed by atoms with Crippen LogP contribution in [0.25, 0.3) is 17.0 Å². The Bertz CT molecular complexity index is 966. The fourth-order valence-corrected chi connectivity index (χ4v) is 3.26. The average molecular weight is 421 g/mol. The molecule has 0 saturated heterocycles. The van der Waals surface area contributed by atoms with Gasteiger partial charge in [-0.2, -0.15) is 26.3 Å². The summed E-state index contributed by atoms with van der Waals surface area (Å²) in [7, 11) is 0. The molecule has 0 bridgehead atoms. The molecule has 0 fully saturated rings. The lowest BCUT2D eigenvalue weighted by Crippen LogP contribution is -2.19. The van der Waals surface area contributed by atoms with E-state index in [4.69, 9.17) is 0 Å². The third kappa shape index (κ3) is 4.51. The lowest BCUT2D eigenvalue weighted by atomic mass is 10.2. The number of thioether (sulfide) groups is 1. The third-order valence-electron chi connectivity index (χ3n) is 3.57. The van der Waals surface area contributed by atoms with Gasteiger partial charge in [0.15, 0.2) is 6.61 Å². The second-order valence-electron chi connectivity index (χ2n) is 5.62. The quantitative estimate of drug-likeness (QED) is 0.405. The fraction of sp³-hybridized carbons (Fsp3) is 0.294. The van der Waals surface area contributed by atoms with Crippen molar-refractivity contribution >= 4 is 17.4 Å². The van der Waals surface area contributed by atoms with Gasteiger partial charge in [-0.25, -0.2) is 4.98 Å². The molecule has 3 rings (SSSR count). The minimum Gasteiger partial charge on any atom is -0.483 e. The van der Waals surface area contributed by atoms with Crippen molar-refractivity contribution in [3.63, 3.8) is 0 Å². The first-order valence-electron chi connectivity index (χ1n) is 7.96. The highest BCUT2D eigenvalue weighted by Gasteiger charge is 2.31. The van der Waals surface area contributed by atoms with Crippen molar-refractivity contribution in [2.75, 3.05) is 12.4 Å². The molecule has 28 heavy (non-hydrogen) atoms. The minimum absolute atomic E-state index is 0.0751. The minimum atomic E-state index is -4.50. The lowest BCUT2D eigenvalue weighted by molar-refractivity contribution is -0.153. The standard InChI is InChI=1S/C17H13F6N3OS/c1-2-28-15-14(12-4-3-11(8-24-12)27-9-16(18,19)20)25-13-7-10(17(21,22)23)5-6-26(13)15/h3-8H,2,9H2,1H3. The molecule has 150 valence electrons. The van der Waals surface area contributed by atoms with E-state index in [1.807, 2.05) is 6.92 Å². The molecule has 4 nitrogen and oxygen atoms in total. The Hall–Kier alpha value is -2.43. The van der Waals surface area contributed by atoms with Crippen LogP contribution in [-0.2, 0) is 6.18 Å². The van der Waals surface area contributed by atoms with Gasteiger partial charge in [0, 0.05) is 6.20 Å². The zero-order valence-electron chi connectivity index (χ0n) is 14.3. The Kier molecular flexibility index (Phi) is 5.46. The first-order chi connectivity index (χ1) is 13.1. The van der Waals surface area contributed by atoms with E-state index in [-0.39, 0.29) is 11.4 Å². The second kappa shape index (κ2) is 7.53. The van der Waals surface area contributed by atoms with Crippen molar-refractivity contribution in [2.24, 2.45) is 0 Å². The molecule has 0 atom stereocenters. The van der Waals surface area contributed by atoms with Crippen LogP contribution in [0.15, 0.2) is 41.7 Å². The highest BCUT2D eigenvalue weighted by molar-refractivity contribution is 7.99. The SMILES string of the molecule is CCSc1c(-c2ccc(OCC(F)(F)F)cn2)nc2cc(C(F)(F)F)ccn12. The molecule has 0 aliphatic carbocycles. The van der Waals surface area contributed by atoms with Gasteiger partial charge in [0.25, 0.3) is 0 Å². The highest BCUT2D eigenvalue weighted by Crippen LogP contribution is 2.35. The van der Waals surface area contributed by atoms with Crippen molar-refractivity contribution < 1.29 is 31.1 Å². The van der Waals surface area contributed by atoms with Crippen molar-refractivity contribution in [2.45, 2.75) is 24.3 Å². The fourth-order valence-electron chi connectivity index (χ4n) is 2.41. The number of imidazole rings is 1. The topological polar surface area (TPSA) is 39.4 Å². The number of aromatic nitrogens is 3. The van der Waals surface area contributed by atoms with Gasteiger partial charge in [0.2, 0.25) is 0 Å². The number of alkyl halides is 6. The number of fused-ring (bicyclic) bond motifs is 1. The van der Waals surface area contributed by atoms with E-state index >= 15 is 0 Å². The maximum Gasteiger partial charge on any atom is 0.422 e. The summed E-state index contributed by atoms with van der Waals surface area (Å²) >= 11 is 1.36. The monoisotopic (exact) mass is 421 g/mol. The number of rotatable bonds is 5. The summed E-state index contributed by atoms with van der Waals surface area (Å²) in [6, 6.07) is 4.61. The predicted octanol–water partition coefficient (Wildman–Crippen LogP) is 5.47. The number of nitrogens with zero attached hydrogens (tertiary/aromatic N) is 3. The zero-order valence-corrected chi connectivity index (χ0v) is 15.1. The molecular weight excluding hydrogens is 408 g/mol. The molecule has 3 aromatic rings. The molecule has 0 N–H and O–H groups in total. The molecule has 0 radical (unpaired) electrons. The Labute approximate surface area is 159 Å². The van der Waals surface area contributed by atoms with Crippen LogP contribution in [-0.4, -0.2) is 32.9 Å². The number of ether oxygens (including phenoxy) is 1. The smallest absolute Gasteiger partial charge is 0.422 e. The molecule has 11 heteroatoms. The summed E-state index contributed by atoms with van der Waals surface area (Å²) in [4.78, 5) is 8.30. The third-order valence-corrected chi connectivity index (χ3v) is 4.52. The molecule has 0 amide bonds. The lowest BCUT2D eigenvalue weighted by Gasteiger charge is -2.09. The van der Waals surface area contributed by atoms with Crippen molar-refractivity contribution in [1.82, 2.24) is 14.4 Å². The van der Waals surface area contributed by atoms with Crippen LogP contribution in [0.5, 0.6) is 5.75 Å². The molecule has 0 aromatic carbocycles. The largest absolute Gasteiger partial charge is 0.483 e. The average Bonchev–Trinajstić information content (AvgIpc) is 2.97. The Morgan fingerprint density at radius 1 is 1.11 bits per heavy atom. The van der Waals surface area contributed by atoms with Crippen LogP contribution < -0.4 is 4.74 Å². The van der Waals surface area contributed by atoms with Gasteiger partial charge in [-0.3, -0.25) is 9.38 Å². The Morgan fingerprint density at radius 3 is 2.43 bits per heavy atom. The van der Waals surface area contributed by atoms with Gasteiger partial charge < -0.3 is 4.74 Å². The normalized spacial score (nSPS) is 12.5. The Balaban J connectivity index is 1.98. The van der Waals surface area contributed by atoms with Crippen LogP contribution >= 0.6 is 11.8 Å². The summed E-state index contributed by atoms with van der Waals surface area (Å²) in [5.41, 5.74) is -0.0745. The van der Waals surface area contributed by atoms with Crippen LogP contribution in [0.3, 0.4) is 0 Å². The van der Waals surface area contributed by atoms with Gasteiger partial charge in [-0.05, 0) is 30.0 Å². The van der Waals surface area contributed by atoms with E-state index in [0.717, 1.165) is 18.3 Å². The highest BCUT2D eigenvalue weighted by atomic mass is 32.2. The number of halogens is 6. The summed E-state index contributed by atoms with van der Waals surface area (Å²) in [6.07, 6.45) is -6.57. The van der Waals surface area contributed by atoms with Gasteiger partial charge in [0.05, 0.1) is 17.5 Å². The summed E-state index contributed by atoms with van der Waals surface area (Å²) in [5.74, 6) is 0.558. The summed E-state index contributed by atoms with van der Waals surface area (Å²) < 4.78 is 81.6. The molecule has 0 unspecified atom stereocenters. The first-order valence-corrected chi connectivity index (χ1v) is 8.95. The van der Waals surface area contributed by atoms with E-state index in [0.29, 0.717) is 22.2 Å². The van der Waals surface area contributed by atoms with Gasteiger partial charge in [0.1, 0.15) is 22.1 Å². The number of hydrogen-bond donors (Lipinski definition) is 0. The van der Waals surface area contributed by atoms with E-state index in [1.54, 1.807) is 0 Å².